The van der Waals surface area contributed by atoms with Crippen LogP contribution in [0.15, 0.2) is 40.7 Å². The number of aromatic hydroxyl groups is 1. The van der Waals surface area contributed by atoms with Gasteiger partial charge in [0.1, 0.15) is 11.4 Å². The first kappa shape index (κ1) is 37.9. The Morgan fingerprint density at radius 2 is 1.85 bits per heavy atom. The molecule has 2 aromatic rings. The number of nitrogens with one attached hydrogen (secondary N) is 1. The summed E-state index contributed by atoms with van der Waals surface area (Å²) >= 11 is 1.14. The number of carboxylic acid groups (broad SMARTS) is 2. The first-order valence-corrected chi connectivity index (χ1v) is 11.2. The van der Waals surface area contributed by atoms with Gasteiger partial charge in [-0.3, -0.25) is 19.3 Å². The van der Waals surface area contributed by atoms with Crippen molar-refractivity contribution in [2.75, 3.05) is 19.5 Å². The molecule has 40 heavy (non-hydrogen) atoms. The number of phenols is 1. The Bertz CT molecular complexity index is 1280. The summed E-state index contributed by atoms with van der Waals surface area (Å²) in [6.07, 6.45) is -1.36. The second kappa shape index (κ2) is 15.2. The number of aryl methyl sites for hydroxylation is 1. The Labute approximate surface area is 275 Å². The number of rotatable bonds is 9. The molecule has 3 atom stereocenters. The van der Waals surface area contributed by atoms with Crippen molar-refractivity contribution >= 4 is 94.6 Å². The number of methoxy groups -OCH3 is 1. The molecule has 0 bridgehead atoms. The molecule has 20 heteroatoms. The number of tetrazole rings is 1. The standard InChI is InChI=1S/C20H20N6O9S.2H3N.2Na.2H/c1-25-19(22-23-24-25)36-8-10-7-35-18-20(34-2,17(33)26(18)13(10)16(31)32)21-14(28)12(15(29)30)9-3-5-11(27)6-4-9;;;;;;/h3-6,12,18,27H,7-8H2,1-2H3,(H,21,28)(H,29,30)(H,31,32);2*1H3;;;;/t12?,18-,20+;;;;;;/m1....../s1. The van der Waals surface area contributed by atoms with Crippen LogP contribution < -0.4 is 17.6 Å². The Morgan fingerprint density at radius 1 is 1.23 bits per heavy atom. The molecule has 0 aliphatic carbocycles. The summed E-state index contributed by atoms with van der Waals surface area (Å²) in [6, 6.07) is 4.93. The quantitative estimate of drug-likeness (QED) is 0.0589. The summed E-state index contributed by atoms with van der Waals surface area (Å²) in [6.45, 7) is -0.213. The normalized spacial score (nSPS) is 19.8. The predicted molar refractivity (Wildman–Crippen MR) is 141 cm³/mol. The molecule has 0 radical (unpaired) electrons. The van der Waals surface area contributed by atoms with Crippen molar-refractivity contribution in [1.82, 2.24) is 42.7 Å². The van der Waals surface area contributed by atoms with Gasteiger partial charge in [-0.25, -0.2) is 9.48 Å². The summed E-state index contributed by atoms with van der Waals surface area (Å²) in [5.74, 6) is -6.73. The molecular formula is C20H28N8Na2O9S. The number of amides is 2. The van der Waals surface area contributed by atoms with Crippen LogP contribution in [0.25, 0.3) is 0 Å². The van der Waals surface area contributed by atoms with Gasteiger partial charge >= 0.3 is 71.1 Å². The minimum absolute atomic E-state index is 0. The third-order valence-corrected chi connectivity index (χ3v) is 6.73. The van der Waals surface area contributed by atoms with E-state index in [1.165, 1.54) is 28.9 Å². The van der Waals surface area contributed by atoms with E-state index in [4.69, 9.17) is 9.47 Å². The number of fused-ring (bicyclic) bond motifs is 1. The van der Waals surface area contributed by atoms with E-state index in [-0.39, 0.29) is 106 Å². The summed E-state index contributed by atoms with van der Waals surface area (Å²) < 4.78 is 12.4. The minimum atomic E-state index is -2.14. The molecule has 2 amide bonds. The van der Waals surface area contributed by atoms with E-state index in [0.717, 1.165) is 23.8 Å². The summed E-state index contributed by atoms with van der Waals surface area (Å²) in [5.41, 5.74) is -2.17. The van der Waals surface area contributed by atoms with Crippen molar-refractivity contribution in [2.24, 2.45) is 7.05 Å². The number of benzene rings is 1. The number of β-lactam (4-membered cyclic amide) rings is 1. The fourth-order valence-electron chi connectivity index (χ4n) is 3.88. The number of carbonyl (C=O) groups excluding carboxylic acids is 2. The number of aliphatic carboxylic acids is 2. The number of aromatic nitrogens is 4. The molecule has 1 aromatic heterocycles. The van der Waals surface area contributed by atoms with Crippen LogP contribution in [0.3, 0.4) is 0 Å². The Balaban J connectivity index is 0.00000380. The van der Waals surface area contributed by atoms with Crippen LogP contribution >= 0.6 is 11.8 Å². The second-order valence-electron chi connectivity index (χ2n) is 7.76. The van der Waals surface area contributed by atoms with Gasteiger partial charge in [-0.05, 0) is 33.7 Å². The molecule has 210 valence electrons. The molecule has 10 N–H and O–H groups in total. The third-order valence-electron chi connectivity index (χ3n) is 5.64. The Hall–Kier alpha value is -2.10. The zero-order chi connectivity index (χ0) is 26.2. The Kier molecular flexibility index (Phi) is 14.4. The molecule has 1 unspecified atom stereocenters. The van der Waals surface area contributed by atoms with Crippen molar-refractivity contribution < 1.29 is 44.0 Å². The zero-order valence-corrected chi connectivity index (χ0v) is 21.0. The molecule has 1 fully saturated rings. The first-order valence-electron chi connectivity index (χ1n) is 10.2. The molecule has 1 aromatic carbocycles. The van der Waals surface area contributed by atoms with Crippen LogP contribution in [-0.4, -0.2) is 155 Å². The molecule has 4 rings (SSSR count). The van der Waals surface area contributed by atoms with Crippen LogP contribution in [0.1, 0.15) is 11.5 Å². The van der Waals surface area contributed by atoms with E-state index in [1.54, 1.807) is 7.05 Å². The number of hydrogen-bond donors (Lipinski definition) is 6. The van der Waals surface area contributed by atoms with Gasteiger partial charge in [0.05, 0.1) is 6.61 Å². The van der Waals surface area contributed by atoms with Crippen molar-refractivity contribution in [3.05, 3.63) is 41.1 Å². The van der Waals surface area contributed by atoms with Crippen molar-refractivity contribution in [2.45, 2.75) is 23.0 Å². The second-order valence-corrected chi connectivity index (χ2v) is 8.70. The van der Waals surface area contributed by atoms with E-state index in [0.29, 0.717) is 5.16 Å². The van der Waals surface area contributed by atoms with Crippen molar-refractivity contribution in [3.8, 4) is 5.75 Å². The molecule has 1 saturated heterocycles. The van der Waals surface area contributed by atoms with Gasteiger partial charge < -0.3 is 42.4 Å². The van der Waals surface area contributed by atoms with Crippen LogP contribution in [0.5, 0.6) is 5.75 Å². The summed E-state index contributed by atoms with van der Waals surface area (Å²) in [7, 11) is 2.71. The number of ether oxygens (including phenoxy) is 2. The number of nitrogens with zero attached hydrogens (tertiary/aromatic N) is 5. The van der Waals surface area contributed by atoms with Crippen LogP contribution in [0.2, 0.25) is 0 Å². The molecule has 2 aliphatic rings. The predicted octanol–water partition coefficient (Wildman–Crippen LogP) is -2.10. The van der Waals surface area contributed by atoms with Gasteiger partial charge in [-0.2, -0.15) is 0 Å². The molecule has 0 spiro atoms. The number of thioether (sulfide) groups is 1. The number of carboxylic acids is 2. The maximum atomic E-state index is 13.2. The number of phenolic OH excluding ortho intramolecular Hbond substituents is 1. The molecule has 0 saturated carbocycles. The monoisotopic (exact) mass is 602 g/mol. The van der Waals surface area contributed by atoms with E-state index >= 15 is 0 Å². The van der Waals surface area contributed by atoms with Gasteiger partial charge in [0.15, 0.2) is 12.1 Å². The number of hydrogen-bond acceptors (Lipinski definition) is 13. The van der Waals surface area contributed by atoms with Gasteiger partial charge in [0.2, 0.25) is 11.1 Å². The van der Waals surface area contributed by atoms with Gasteiger partial charge in [0.25, 0.3) is 11.6 Å². The summed E-state index contributed by atoms with van der Waals surface area (Å²) in [4.78, 5) is 51.0. The Morgan fingerprint density at radius 3 is 2.35 bits per heavy atom. The molecule has 17 nitrogen and oxygen atoms in total. The van der Waals surface area contributed by atoms with Crippen LogP contribution in [-0.2, 0) is 35.7 Å². The average molecular weight is 603 g/mol. The van der Waals surface area contributed by atoms with E-state index in [9.17, 15) is 34.5 Å². The van der Waals surface area contributed by atoms with Crippen LogP contribution in [0, 0.1) is 0 Å². The van der Waals surface area contributed by atoms with Gasteiger partial charge in [0, 0.05) is 19.9 Å². The van der Waals surface area contributed by atoms with Crippen molar-refractivity contribution in [3.63, 3.8) is 0 Å². The molecule has 2 aliphatic heterocycles. The van der Waals surface area contributed by atoms with E-state index in [1.807, 2.05) is 0 Å². The fourth-order valence-corrected chi connectivity index (χ4v) is 4.72. The first-order chi connectivity index (χ1) is 17.1. The third kappa shape index (κ3) is 6.85. The molecular weight excluding hydrogens is 574 g/mol. The van der Waals surface area contributed by atoms with E-state index < -0.39 is 41.6 Å². The maximum absolute atomic E-state index is 13.2. The SMILES string of the molecule is CO[C@@]1(NC(=O)C(C(=O)O)c2ccc(O)cc2)C(=O)N2C(C(=O)O)=C(CSc3nnnn3C)CO[C@@H]21.N.N.[NaH].[NaH]. The van der Waals surface area contributed by atoms with Gasteiger partial charge in [-0.1, -0.05) is 23.9 Å². The van der Waals surface area contributed by atoms with Crippen LogP contribution in [0.4, 0.5) is 0 Å². The number of carbonyl (C=O) groups is 4. The van der Waals surface area contributed by atoms with E-state index in [2.05, 4.69) is 20.8 Å². The average Bonchev–Trinajstić information content (AvgIpc) is 3.25. The fraction of sp³-hybridized carbons (Fsp3) is 0.350. The topological polar surface area (TPSA) is 276 Å². The summed E-state index contributed by atoms with van der Waals surface area (Å²) in [5, 5.41) is 42.6. The van der Waals surface area contributed by atoms with Gasteiger partial charge in [-0.15, -0.1) is 5.10 Å². The molecule has 3 heterocycles. The van der Waals surface area contributed by atoms with Crippen molar-refractivity contribution in [1.29, 1.82) is 0 Å². The zero-order valence-electron chi connectivity index (χ0n) is 20.2.